The first-order valence-electron chi connectivity index (χ1n) is 10.2. The number of nitrogens with two attached hydrogens (primary N) is 2. The van der Waals surface area contributed by atoms with E-state index in [1.807, 2.05) is 32.9 Å². The van der Waals surface area contributed by atoms with Gasteiger partial charge in [-0.2, -0.15) is 0 Å². The Kier molecular flexibility index (Phi) is 7.01. The summed E-state index contributed by atoms with van der Waals surface area (Å²) in [5.41, 5.74) is 15.7. The summed E-state index contributed by atoms with van der Waals surface area (Å²) in [6, 6.07) is 5.39. The molecule has 0 spiro atoms. The first kappa shape index (κ1) is 23.1. The highest BCUT2D eigenvalue weighted by atomic mass is 16.5. The minimum Gasteiger partial charge on any atom is -0.383 e. The number of hydrogen-bond donors (Lipinski definition) is 3. The maximum Gasteiger partial charge on any atom is 0.272 e. The van der Waals surface area contributed by atoms with Crippen LogP contribution < -0.4 is 22.3 Å². The first-order valence-corrected chi connectivity index (χ1v) is 10.2. The lowest BCUT2D eigenvalue weighted by Gasteiger charge is -2.16. The van der Waals surface area contributed by atoms with Crippen molar-refractivity contribution < 1.29 is 9.53 Å². The zero-order valence-corrected chi connectivity index (χ0v) is 18.7. The first-order chi connectivity index (χ1) is 15.3. The molecular formula is C23H28N6O3. The van der Waals surface area contributed by atoms with E-state index in [0.29, 0.717) is 18.0 Å². The predicted octanol–water partition coefficient (Wildman–Crippen LogP) is 2.64. The second-order valence-corrected chi connectivity index (χ2v) is 7.67. The van der Waals surface area contributed by atoms with Crippen molar-refractivity contribution in [2.45, 2.75) is 39.8 Å². The lowest BCUT2D eigenvalue weighted by atomic mass is 10.0. The van der Waals surface area contributed by atoms with E-state index in [1.165, 1.54) is 17.1 Å². The predicted molar refractivity (Wildman–Crippen MR) is 124 cm³/mol. The number of ether oxygens (including phenoxy) is 1. The van der Waals surface area contributed by atoms with E-state index in [0.717, 1.165) is 28.7 Å². The van der Waals surface area contributed by atoms with Gasteiger partial charge in [0.1, 0.15) is 17.7 Å². The van der Waals surface area contributed by atoms with Gasteiger partial charge >= 0.3 is 0 Å². The van der Waals surface area contributed by atoms with Gasteiger partial charge < -0.3 is 21.5 Å². The molecule has 0 unspecified atom stereocenters. The minimum atomic E-state index is -0.662. The van der Waals surface area contributed by atoms with Gasteiger partial charge in [0.05, 0.1) is 24.2 Å². The Bertz CT molecular complexity index is 1180. The summed E-state index contributed by atoms with van der Waals surface area (Å²) in [6.07, 6.45) is 5.19. The number of amides is 1. The Labute approximate surface area is 186 Å². The van der Waals surface area contributed by atoms with Gasteiger partial charge in [-0.15, -0.1) is 0 Å². The molecule has 0 saturated heterocycles. The lowest BCUT2D eigenvalue weighted by Crippen LogP contribution is -2.31. The molecule has 5 N–H and O–H groups in total. The number of carbonyl (C=O) groups is 1. The van der Waals surface area contributed by atoms with Gasteiger partial charge in [0.15, 0.2) is 0 Å². The van der Waals surface area contributed by atoms with Crippen LogP contribution in [0.5, 0.6) is 0 Å². The smallest absolute Gasteiger partial charge is 0.272 e. The number of nitrogens with zero attached hydrogens (tertiary/aromatic N) is 3. The molecule has 1 aromatic carbocycles. The van der Waals surface area contributed by atoms with E-state index in [1.54, 1.807) is 19.4 Å². The van der Waals surface area contributed by atoms with Crippen molar-refractivity contribution in [1.82, 2.24) is 14.5 Å². The van der Waals surface area contributed by atoms with Crippen molar-refractivity contribution in [2.75, 3.05) is 18.2 Å². The third-order valence-electron chi connectivity index (χ3n) is 5.22. The molecule has 3 aromatic rings. The zero-order chi connectivity index (χ0) is 23.4. The molecule has 0 aliphatic carbocycles. The number of pyridine rings is 1. The fourth-order valence-corrected chi connectivity index (χ4v) is 3.67. The topological polar surface area (TPSA) is 138 Å². The van der Waals surface area contributed by atoms with Crippen molar-refractivity contribution in [1.29, 1.82) is 0 Å². The normalized spacial score (nSPS) is 11.9. The van der Waals surface area contributed by atoms with Crippen LogP contribution >= 0.6 is 0 Å². The number of hydrogen-bond acceptors (Lipinski definition) is 7. The molecule has 9 heteroatoms. The molecule has 0 radical (unpaired) electrons. The van der Waals surface area contributed by atoms with Crippen molar-refractivity contribution >= 4 is 17.4 Å². The van der Waals surface area contributed by atoms with Crippen LogP contribution in [-0.2, 0) is 11.3 Å². The van der Waals surface area contributed by atoms with Gasteiger partial charge in [0.2, 0.25) is 0 Å². The van der Waals surface area contributed by atoms with Crippen LogP contribution in [0.3, 0.4) is 0 Å². The molecule has 0 fully saturated rings. The third-order valence-corrected chi connectivity index (χ3v) is 5.22. The highest BCUT2D eigenvalue weighted by Crippen LogP contribution is 2.22. The zero-order valence-electron chi connectivity index (χ0n) is 18.7. The van der Waals surface area contributed by atoms with Gasteiger partial charge in [0.25, 0.3) is 11.5 Å². The highest BCUT2D eigenvalue weighted by Gasteiger charge is 2.21. The Balaban J connectivity index is 2.01. The van der Waals surface area contributed by atoms with Crippen LogP contribution in [0.15, 0.2) is 41.7 Å². The summed E-state index contributed by atoms with van der Waals surface area (Å²) in [7, 11) is 1.62. The fraction of sp³-hybridized carbons (Fsp3) is 0.304. The highest BCUT2D eigenvalue weighted by molar-refractivity contribution is 6.06. The molecule has 0 saturated carbocycles. The van der Waals surface area contributed by atoms with E-state index < -0.39 is 11.5 Å². The monoisotopic (exact) mass is 436 g/mol. The summed E-state index contributed by atoms with van der Waals surface area (Å²) >= 11 is 0. The van der Waals surface area contributed by atoms with Crippen molar-refractivity contribution in [3.05, 3.63) is 75.1 Å². The summed E-state index contributed by atoms with van der Waals surface area (Å²) in [6.45, 7) is 6.19. The molecule has 0 aliphatic heterocycles. The van der Waals surface area contributed by atoms with Crippen LogP contribution in [0.25, 0.3) is 5.69 Å². The summed E-state index contributed by atoms with van der Waals surface area (Å²) < 4.78 is 6.54. The summed E-state index contributed by atoms with van der Waals surface area (Å²) in [4.78, 5) is 34.5. The molecule has 168 valence electrons. The molecule has 0 bridgehead atoms. The number of aromatic nitrogens is 3. The standard InChI is InChI=1S/C23H28N6O3/c1-5-18(24)16-8-17(10-26-9-16)28-22(30)19-21(25)27-12-29(23(19)31)20-13(2)6-15(11-32-4)7-14(20)3/h6-10,12,18H,5,11,24-25H2,1-4H3,(H,28,30)/t18-/m1/s1. The SMILES string of the molecule is CC[C@@H](N)c1cncc(NC(=O)c2c(N)ncn(-c3c(C)cc(COC)cc3C)c2=O)c1. The number of anilines is 2. The lowest BCUT2D eigenvalue weighted by molar-refractivity contribution is 0.102. The largest absolute Gasteiger partial charge is 0.383 e. The Morgan fingerprint density at radius 3 is 2.53 bits per heavy atom. The molecular weight excluding hydrogens is 408 g/mol. The molecule has 0 aliphatic rings. The fourth-order valence-electron chi connectivity index (χ4n) is 3.67. The second kappa shape index (κ2) is 9.71. The van der Waals surface area contributed by atoms with Crippen LogP contribution in [0.2, 0.25) is 0 Å². The third kappa shape index (κ3) is 4.68. The summed E-state index contributed by atoms with van der Waals surface area (Å²) in [5, 5.41) is 2.69. The quantitative estimate of drug-likeness (QED) is 0.517. The average Bonchev–Trinajstić information content (AvgIpc) is 2.74. The molecule has 9 nitrogen and oxygen atoms in total. The number of nitrogens with one attached hydrogen (secondary N) is 1. The molecule has 3 rings (SSSR count). The van der Waals surface area contributed by atoms with Crippen LogP contribution in [0, 0.1) is 13.8 Å². The molecule has 32 heavy (non-hydrogen) atoms. The van der Waals surface area contributed by atoms with E-state index in [9.17, 15) is 9.59 Å². The Morgan fingerprint density at radius 2 is 1.91 bits per heavy atom. The van der Waals surface area contributed by atoms with Crippen LogP contribution in [-0.4, -0.2) is 27.6 Å². The van der Waals surface area contributed by atoms with E-state index in [4.69, 9.17) is 16.2 Å². The van der Waals surface area contributed by atoms with Crippen molar-refractivity contribution in [3.63, 3.8) is 0 Å². The summed E-state index contributed by atoms with van der Waals surface area (Å²) in [5.74, 6) is -0.811. The van der Waals surface area contributed by atoms with E-state index in [-0.39, 0.29) is 17.4 Å². The second-order valence-electron chi connectivity index (χ2n) is 7.67. The van der Waals surface area contributed by atoms with Gasteiger partial charge in [-0.1, -0.05) is 19.1 Å². The number of rotatable bonds is 7. The van der Waals surface area contributed by atoms with Gasteiger partial charge in [0, 0.05) is 19.3 Å². The Morgan fingerprint density at radius 1 is 1.22 bits per heavy atom. The van der Waals surface area contributed by atoms with Gasteiger partial charge in [-0.05, 0) is 48.6 Å². The maximum atomic E-state index is 13.3. The van der Waals surface area contributed by atoms with Crippen molar-refractivity contribution in [3.8, 4) is 5.69 Å². The number of methoxy groups -OCH3 is 1. The number of benzene rings is 1. The van der Waals surface area contributed by atoms with Gasteiger partial charge in [-0.3, -0.25) is 19.1 Å². The van der Waals surface area contributed by atoms with Crippen molar-refractivity contribution in [2.24, 2.45) is 5.73 Å². The number of aryl methyl sites for hydroxylation is 2. The Hall–Kier alpha value is -3.56. The molecule has 2 aromatic heterocycles. The minimum absolute atomic E-state index is 0.149. The van der Waals surface area contributed by atoms with Crippen LogP contribution in [0.4, 0.5) is 11.5 Å². The van der Waals surface area contributed by atoms with E-state index >= 15 is 0 Å². The average molecular weight is 437 g/mol. The van der Waals surface area contributed by atoms with Gasteiger partial charge in [-0.25, -0.2) is 4.98 Å². The number of carbonyl (C=O) groups excluding carboxylic acids is 1. The molecule has 1 atom stereocenters. The molecule has 1 amide bonds. The molecule has 2 heterocycles. The van der Waals surface area contributed by atoms with E-state index in [2.05, 4.69) is 15.3 Å². The number of nitrogen functional groups attached to an aromatic ring is 1. The maximum absolute atomic E-state index is 13.3. The van der Waals surface area contributed by atoms with Crippen LogP contribution in [0.1, 0.15) is 52.0 Å².